The molecule has 2 heteroatoms. The monoisotopic (exact) mass is 552 g/mol. The Balaban J connectivity index is 0.000000232. The SMILES string of the molecule is CC(C)(C)CC(C)(c1ccccc1)C(C)(C)C.CC(C)CC(C)(C(=O)OC1CC2CC1C1CCCC21)C(C)(C)C. The van der Waals surface area contributed by atoms with Gasteiger partial charge < -0.3 is 4.74 Å². The summed E-state index contributed by atoms with van der Waals surface area (Å²) in [4.78, 5) is 13.1. The summed E-state index contributed by atoms with van der Waals surface area (Å²) in [5.41, 5.74) is 1.83. The standard InChI is InChI=1S/C21H36O2.C17H28/c1-13(2)12-21(6,20(3,4)5)19(22)23-18-11-14-10-17(18)16-9-7-8-15(14)16;1-15(2,3)13-17(7,16(4,5)6)14-11-9-8-10-12-14/h13-18H,7-12H2,1-6H3;8-12H,13H2,1-7H3. The van der Waals surface area contributed by atoms with Crippen LogP contribution in [0.4, 0.5) is 0 Å². The number of esters is 1. The summed E-state index contributed by atoms with van der Waals surface area (Å²) in [5.74, 6) is 3.89. The Bertz CT molecular complexity index is 971. The molecule has 3 saturated carbocycles. The van der Waals surface area contributed by atoms with Crippen LogP contribution in [-0.2, 0) is 14.9 Å². The normalized spacial score (nSPS) is 29.3. The van der Waals surface area contributed by atoms with E-state index in [-0.39, 0.29) is 28.3 Å². The van der Waals surface area contributed by atoms with Gasteiger partial charge in [-0.05, 0) is 102 Å². The molecule has 2 nitrogen and oxygen atoms in total. The Kier molecular flexibility index (Phi) is 9.76. The highest BCUT2D eigenvalue weighted by atomic mass is 16.5. The number of rotatable bonds is 6. The van der Waals surface area contributed by atoms with Crippen molar-refractivity contribution >= 4 is 5.97 Å². The number of fused-ring (bicyclic) bond motifs is 5. The fraction of sp³-hybridized carbons (Fsp3) is 0.816. The largest absolute Gasteiger partial charge is 0.462 e. The van der Waals surface area contributed by atoms with E-state index in [4.69, 9.17) is 4.74 Å². The molecule has 40 heavy (non-hydrogen) atoms. The molecule has 0 radical (unpaired) electrons. The fourth-order valence-electron chi connectivity index (χ4n) is 8.59. The molecule has 0 N–H and O–H groups in total. The molecule has 0 heterocycles. The predicted molar refractivity (Wildman–Crippen MR) is 171 cm³/mol. The van der Waals surface area contributed by atoms with E-state index in [0.717, 1.165) is 30.6 Å². The van der Waals surface area contributed by atoms with Crippen molar-refractivity contribution in [2.24, 2.45) is 51.2 Å². The maximum Gasteiger partial charge on any atom is 0.312 e. The van der Waals surface area contributed by atoms with E-state index in [0.29, 0.717) is 17.3 Å². The molecule has 0 amide bonds. The van der Waals surface area contributed by atoms with Crippen molar-refractivity contribution in [3.8, 4) is 0 Å². The van der Waals surface area contributed by atoms with Gasteiger partial charge in [-0.3, -0.25) is 4.79 Å². The molecular weight excluding hydrogens is 488 g/mol. The lowest BCUT2D eigenvalue weighted by molar-refractivity contribution is -0.173. The van der Waals surface area contributed by atoms with Gasteiger partial charge in [0.15, 0.2) is 0 Å². The van der Waals surface area contributed by atoms with Crippen molar-refractivity contribution in [2.45, 2.75) is 146 Å². The summed E-state index contributed by atoms with van der Waals surface area (Å²) in [6, 6.07) is 11.0. The number of carbonyl (C=O) groups is 1. The second kappa shape index (κ2) is 11.8. The molecule has 1 aromatic rings. The molecule has 0 aromatic heterocycles. The molecule has 7 atom stereocenters. The molecule has 2 bridgehead atoms. The van der Waals surface area contributed by atoms with Crippen molar-refractivity contribution < 1.29 is 9.53 Å². The molecule has 4 rings (SSSR count). The smallest absolute Gasteiger partial charge is 0.312 e. The topological polar surface area (TPSA) is 26.3 Å². The Morgan fingerprint density at radius 2 is 1.38 bits per heavy atom. The van der Waals surface area contributed by atoms with E-state index in [1.54, 1.807) is 0 Å². The van der Waals surface area contributed by atoms with Gasteiger partial charge in [0.1, 0.15) is 6.10 Å². The fourth-order valence-corrected chi connectivity index (χ4v) is 8.59. The van der Waals surface area contributed by atoms with Crippen LogP contribution in [0.2, 0.25) is 0 Å². The molecule has 7 unspecified atom stereocenters. The zero-order valence-electron chi connectivity index (χ0n) is 28.6. The van der Waals surface area contributed by atoms with Crippen LogP contribution in [0, 0.1) is 51.2 Å². The van der Waals surface area contributed by atoms with Gasteiger partial charge in [0.2, 0.25) is 0 Å². The Hall–Kier alpha value is -1.31. The van der Waals surface area contributed by atoms with E-state index in [9.17, 15) is 4.79 Å². The van der Waals surface area contributed by atoms with Gasteiger partial charge >= 0.3 is 5.97 Å². The van der Waals surface area contributed by atoms with Gasteiger partial charge in [-0.25, -0.2) is 0 Å². The minimum Gasteiger partial charge on any atom is -0.462 e. The highest BCUT2D eigenvalue weighted by Crippen LogP contribution is 2.60. The predicted octanol–water partition coefficient (Wildman–Crippen LogP) is 10.9. The first kappa shape index (κ1) is 33.2. The van der Waals surface area contributed by atoms with Crippen LogP contribution in [-0.4, -0.2) is 12.1 Å². The number of carbonyl (C=O) groups excluding carboxylic acids is 1. The van der Waals surface area contributed by atoms with E-state index >= 15 is 0 Å². The number of hydrogen-bond acceptors (Lipinski definition) is 2. The van der Waals surface area contributed by atoms with Crippen LogP contribution in [0.1, 0.15) is 141 Å². The van der Waals surface area contributed by atoms with Crippen molar-refractivity contribution in [3.05, 3.63) is 35.9 Å². The maximum absolute atomic E-state index is 13.1. The Labute approximate surface area is 248 Å². The van der Waals surface area contributed by atoms with Crippen LogP contribution in [0.15, 0.2) is 30.3 Å². The average Bonchev–Trinajstić information content (AvgIpc) is 3.51. The first-order valence-corrected chi connectivity index (χ1v) is 16.5. The Morgan fingerprint density at radius 3 is 1.88 bits per heavy atom. The second-order valence-electron chi connectivity index (χ2n) is 18.0. The van der Waals surface area contributed by atoms with E-state index < -0.39 is 5.41 Å². The second-order valence-corrected chi connectivity index (χ2v) is 18.0. The maximum atomic E-state index is 13.1. The molecule has 228 valence electrons. The lowest BCUT2D eigenvalue weighted by Gasteiger charge is -2.46. The van der Waals surface area contributed by atoms with Crippen molar-refractivity contribution in [3.63, 3.8) is 0 Å². The lowest BCUT2D eigenvalue weighted by Crippen LogP contribution is -2.45. The van der Waals surface area contributed by atoms with Crippen LogP contribution >= 0.6 is 0 Å². The number of hydrogen-bond donors (Lipinski definition) is 0. The molecule has 1 aromatic carbocycles. The first-order valence-electron chi connectivity index (χ1n) is 16.5. The number of ether oxygens (including phenoxy) is 1. The lowest BCUT2D eigenvalue weighted by atomic mass is 9.58. The van der Waals surface area contributed by atoms with Crippen LogP contribution in [0.25, 0.3) is 0 Å². The minimum atomic E-state index is -0.391. The summed E-state index contributed by atoms with van der Waals surface area (Å²) >= 11 is 0. The molecular formula is C38H64O2. The van der Waals surface area contributed by atoms with Gasteiger partial charge in [-0.2, -0.15) is 0 Å². The van der Waals surface area contributed by atoms with Crippen LogP contribution < -0.4 is 0 Å². The third-order valence-corrected chi connectivity index (χ3v) is 11.5. The summed E-state index contributed by atoms with van der Waals surface area (Å²) < 4.78 is 6.21. The summed E-state index contributed by atoms with van der Waals surface area (Å²) in [7, 11) is 0. The van der Waals surface area contributed by atoms with Gasteiger partial charge in [-0.1, -0.05) is 120 Å². The van der Waals surface area contributed by atoms with E-state index in [1.165, 1.54) is 37.7 Å². The zero-order valence-corrected chi connectivity index (χ0v) is 28.6. The highest BCUT2D eigenvalue weighted by molar-refractivity contribution is 5.77. The quantitative estimate of drug-likeness (QED) is 0.328. The summed E-state index contributed by atoms with van der Waals surface area (Å²) in [6.45, 7) is 29.6. The highest BCUT2D eigenvalue weighted by Gasteiger charge is 2.56. The van der Waals surface area contributed by atoms with E-state index in [1.807, 2.05) is 0 Å². The third-order valence-electron chi connectivity index (χ3n) is 11.5. The number of benzene rings is 1. The summed E-state index contributed by atoms with van der Waals surface area (Å²) in [5, 5.41) is 0. The van der Waals surface area contributed by atoms with Crippen molar-refractivity contribution in [2.75, 3.05) is 0 Å². The zero-order chi connectivity index (χ0) is 30.3. The molecule has 0 aliphatic heterocycles. The average molecular weight is 553 g/mol. The van der Waals surface area contributed by atoms with Crippen LogP contribution in [0.3, 0.4) is 0 Å². The van der Waals surface area contributed by atoms with E-state index in [2.05, 4.69) is 120 Å². The van der Waals surface area contributed by atoms with Gasteiger partial charge in [0.25, 0.3) is 0 Å². The Morgan fingerprint density at radius 1 is 0.800 bits per heavy atom. The van der Waals surface area contributed by atoms with Crippen LogP contribution in [0.5, 0.6) is 0 Å². The molecule has 3 fully saturated rings. The summed E-state index contributed by atoms with van der Waals surface area (Å²) in [6.07, 6.45) is 8.98. The van der Waals surface area contributed by atoms with Gasteiger partial charge in [-0.15, -0.1) is 0 Å². The molecule has 3 aliphatic carbocycles. The third kappa shape index (κ3) is 7.00. The van der Waals surface area contributed by atoms with Gasteiger partial charge in [0.05, 0.1) is 5.41 Å². The van der Waals surface area contributed by atoms with Crippen molar-refractivity contribution in [1.82, 2.24) is 0 Å². The minimum absolute atomic E-state index is 0.0609. The first-order chi connectivity index (χ1) is 18.2. The molecule has 0 saturated heterocycles. The molecule has 0 spiro atoms. The molecule has 3 aliphatic rings. The van der Waals surface area contributed by atoms with Gasteiger partial charge in [0, 0.05) is 0 Å². The van der Waals surface area contributed by atoms with Crippen molar-refractivity contribution in [1.29, 1.82) is 0 Å².